The van der Waals surface area contributed by atoms with Crippen LogP contribution in [-0.4, -0.2) is 25.1 Å². The molecule has 4 aromatic rings. The Morgan fingerprint density at radius 3 is 2.68 bits per heavy atom. The van der Waals surface area contributed by atoms with Crippen LogP contribution in [-0.2, 0) is 17.9 Å². The third kappa shape index (κ3) is 4.33. The topological polar surface area (TPSA) is 78.5 Å². The van der Waals surface area contributed by atoms with E-state index in [1.54, 1.807) is 25.3 Å². The number of carbonyl (C=O) groups excluding carboxylic acids is 1. The van der Waals surface area contributed by atoms with E-state index in [0.29, 0.717) is 28.6 Å². The number of aryl methyl sites for hydroxylation is 2. The molecule has 0 saturated carbocycles. The van der Waals surface area contributed by atoms with Gasteiger partial charge in [0.15, 0.2) is 0 Å². The second-order valence-corrected chi connectivity index (χ2v) is 7.86. The number of aromatic nitrogens is 4. The van der Waals surface area contributed by atoms with E-state index in [2.05, 4.69) is 10.1 Å². The highest BCUT2D eigenvalue weighted by Crippen LogP contribution is 2.24. The first kappa shape index (κ1) is 21.1. The van der Waals surface area contributed by atoms with Gasteiger partial charge in [-0.2, -0.15) is 5.10 Å². The van der Waals surface area contributed by atoms with Crippen LogP contribution in [0.4, 0.5) is 0 Å². The van der Waals surface area contributed by atoms with Crippen molar-refractivity contribution in [2.75, 3.05) is 0 Å². The molecule has 0 saturated heterocycles. The lowest BCUT2D eigenvalue weighted by atomic mass is 10.2. The van der Waals surface area contributed by atoms with Gasteiger partial charge in [-0.25, -0.2) is 14.5 Å². The molecule has 0 atom stereocenters. The summed E-state index contributed by atoms with van der Waals surface area (Å²) in [6.07, 6.45) is 1.66. The lowest BCUT2D eigenvalue weighted by Gasteiger charge is -2.07. The number of pyridine rings is 1. The molecular weight excluding hydrogens is 439 g/mol. The molecule has 158 valence electrons. The normalized spacial score (nSPS) is 11.1. The maximum absolute atomic E-state index is 12.7. The fraction of sp³-hybridized carbons (Fsp3) is 0.182. The van der Waals surface area contributed by atoms with Gasteiger partial charge in [-0.05, 0) is 43.2 Å². The quantitative estimate of drug-likeness (QED) is 0.420. The smallest absolute Gasteiger partial charge is 0.343 e. The molecule has 0 aliphatic carbocycles. The van der Waals surface area contributed by atoms with Crippen molar-refractivity contribution in [3.63, 3.8) is 0 Å². The molecule has 4 rings (SSSR count). The summed E-state index contributed by atoms with van der Waals surface area (Å²) >= 11 is 12.6. The van der Waals surface area contributed by atoms with Crippen molar-refractivity contribution in [3.8, 4) is 0 Å². The maximum atomic E-state index is 12.7. The van der Waals surface area contributed by atoms with Gasteiger partial charge in [-0.1, -0.05) is 41.4 Å². The van der Waals surface area contributed by atoms with Gasteiger partial charge in [0.1, 0.15) is 23.0 Å². The van der Waals surface area contributed by atoms with E-state index >= 15 is 0 Å². The molecule has 0 fully saturated rings. The lowest BCUT2D eigenvalue weighted by Crippen LogP contribution is -2.17. The number of fused-ring (bicyclic) bond motifs is 1. The highest BCUT2D eigenvalue weighted by molar-refractivity contribution is 6.33. The predicted molar refractivity (Wildman–Crippen MR) is 118 cm³/mol. The van der Waals surface area contributed by atoms with Crippen LogP contribution in [0.3, 0.4) is 0 Å². The summed E-state index contributed by atoms with van der Waals surface area (Å²) in [5.41, 5.74) is 2.98. The number of hydrogen-bond acceptors (Lipinski definition) is 5. The monoisotopic (exact) mass is 456 g/mol. The Morgan fingerprint density at radius 2 is 1.90 bits per heavy atom. The summed E-state index contributed by atoms with van der Waals surface area (Å²) in [5.74, 6) is -0.640. The van der Waals surface area contributed by atoms with E-state index in [9.17, 15) is 9.59 Å². The van der Waals surface area contributed by atoms with Crippen molar-refractivity contribution in [1.29, 1.82) is 0 Å². The Hall–Kier alpha value is -3.16. The minimum absolute atomic E-state index is 0.157. The van der Waals surface area contributed by atoms with Crippen LogP contribution in [0.2, 0.25) is 10.2 Å². The van der Waals surface area contributed by atoms with Gasteiger partial charge >= 0.3 is 5.97 Å². The number of ether oxygens (including phenoxy) is 1. The van der Waals surface area contributed by atoms with Crippen molar-refractivity contribution < 1.29 is 9.53 Å². The second kappa shape index (κ2) is 8.53. The SMILES string of the molecule is Cc1ccn2c(=O)cc(COC(=O)c3c(C)nn(Cc4ccccc4Cl)c3Cl)nc2c1. The highest BCUT2D eigenvalue weighted by atomic mass is 35.5. The average Bonchev–Trinajstić information content (AvgIpc) is 3.00. The van der Waals surface area contributed by atoms with Crippen LogP contribution < -0.4 is 5.56 Å². The van der Waals surface area contributed by atoms with Crippen LogP contribution in [0, 0.1) is 13.8 Å². The van der Waals surface area contributed by atoms with Crippen molar-refractivity contribution in [2.45, 2.75) is 27.0 Å². The van der Waals surface area contributed by atoms with E-state index < -0.39 is 5.97 Å². The standard InChI is InChI=1S/C22H18Cl2N4O3/c1-13-7-8-27-18(9-13)25-16(10-19(27)29)12-31-22(30)20-14(2)26-28(21(20)24)11-15-5-3-4-6-17(15)23/h3-10H,11-12H2,1-2H3. The first-order valence-electron chi connectivity index (χ1n) is 9.46. The fourth-order valence-corrected chi connectivity index (χ4v) is 3.72. The van der Waals surface area contributed by atoms with Crippen LogP contribution in [0.1, 0.15) is 32.9 Å². The molecule has 3 aromatic heterocycles. The van der Waals surface area contributed by atoms with Gasteiger partial charge in [0, 0.05) is 17.3 Å². The third-order valence-electron chi connectivity index (χ3n) is 4.77. The number of benzene rings is 1. The highest BCUT2D eigenvalue weighted by Gasteiger charge is 2.22. The number of carbonyl (C=O) groups is 1. The number of halogens is 2. The van der Waals surface area contributed by atoms with E-state index in [0.717, 1.165) is 11.1 Å². The minimum atomic E-state index is -0.640. The molecule has 31 heavy (non-hydrogen) atoms. The molecule has 0 aliphatic heterocycles. The van der Waals surface area contributed by atoms with Crippen molar-refractivity contribution >= 4 is 34.8 Å². The summed E-state index contributed by atoms with van der Waals surface area (Å²) in [6, 6.07) is 12.3. The molecule has 0 spiro atoms. The second-order valence-electron chi connectivity index (χ2n) is 7.09. The Labute approximate surface area is 187 Å². The third-order valence-corrected chi connectivity index (χ3v) is 5.53. The van der Waals surface area contributed by atoms with Gasteiger partial charge < -0.3 is 4.74 Å². The first-order chi connectivity index (χ1) is 14.8. The zero-order valence-electron chi connectivity index (χ0n) is 16.8. The molecule has 1 aromatic carbocycles. The Morgan fingerprint density at radius 1 is 1.13 bits per heavy atom. The van der Waals surface area contributed by atoms with Gasteiger partial charge in [-0.15, -0.1) is 0 Å². The van der Waals surface area contributed by atoms with Crippen LogP contribution in [0.25, 0.3) is 5.65 Å². The van der Waals surface area contributed by atoms with Crippen LogP contribution in [0.15, 0.2) is 53.5 Å². The maximum Gasteiger partial charge on any atom is 0.343 e. The van der Waals surface area contributed by atoms with E-state index in [-0.39, 0.29) is 22.9 Å². The molecule has 0 radical (unpaired) electrons. The molecule has 0 unspecified atom stereocenters. The van der Waals surface area contributed by atoms with Crippen molar-refractivity contribution in [1.82, 2.24) is 19.2 Å². The van der Waals surface area contributed by atoms with Crippen LogP contribution in [0.5, 0.6) is 0 Å². The van der Waals surface area contributed by atoms with E-state index in [1.807, 2.05) is 31.2 Å². The van der Waals surface area contributed by atoms with E-state index in [4.69, 9.17) is 27.9 Å². The Balaban J connectivity index is 1.54. The zero-order valence-corrected chi connectivity index (χ0v) is 18.3. The largest absolute Gasteiger partial charge is 0.455 e. The summed E-state index contributed by atoms with van der Waals surface area (Å²) in [7, 11) is 0. The van der Waals surface area contributed by atoms with Gasteiger partial charge in [0.2, 0.25) is 0 Å². The van der Waals surface area contributed by atoms with Gasteiger partial charge in [0.05, 0.1) is 17.9 Å². The van der Waals surface area contributed by atoms with Gasteiger partial charge in [-0.3, -0.25) is 9.20 Å². The molecule has 0 bridgehead atoms. The molecule has 0 aliphatic rings. The number of rotatable bonds is 5. The van der Waals surface area contributed by atoms with Gasteiger partial charge in [0.25, 0.3) is 5.56 Å². The number of hydrogen-bond donors (Lipinski definition) is 0. The molecule has 7 nitrogen and oxygen atoms in total. The molecule has 9 heteroatoms. The number of esters is 1. The molecule has 0 N–H and O–H groups in total. The summed E-state index contributed by atoms with van der Waals surface area (Å²) in [5, 5.41) is 5.08. The first-order valence-corrected chi connectivity index (χ1v) is 10.2. The Kier molecular flexibility index (Phi) is 5.80. The average molecular weight is 457 g/mol. The molecule has 0 amide bonds. The Bertz CT molecular complexity index is 1360. The molecular formula is C22H18Cl2N4O3. The van der Waals surface area contributed by atoms with Crippen LogP contribution >= 0.6 is 23.2 Å². The van der Waals surface area contributed by atoms with Crippen molar-refractivity contribution in [2.24, 2.45) is 0 Å². The minimum Gasteiger partial charge on any atom is -0.455 e. The lowest BCUT2D eigenvalue weighted by molar-refractivity contribution is 0.0467. The summed E-state index contributed by atoms with van der Waals surface area (Å²) < 4.78 is 8.31. The van der Waals surface area contributed by atoms with Crippen molar-refractivity contribution in [3.05, 3.63) is 97.3 Å². The predicted octanol–water partition coefficient (Wildman–Crippen LogP) is 4.22. The number of nitrogens with zero attached hydrogens (tertiary/aromatic N) is 4. The molecule has 3 heterocycles. The zero-order chi connectivity index (χ0) is 22.1. The fourth-order valence-electron chi connectivity index (χ4n) is 3.22. The van der Waals surface area contributed by atoms with E-state index in [1.165, 1.54) is 15.1 Å². The summed E-state index contributed by atoms with van der Waals surface area (Å²) in [4.78, 5) is 29.4. The summed E-state index contributed by atoms with van der Waals surface area (Å²) in [6.45, 7) is 3.73.